The molecular weight excluding hydrogens is 320 g/mol. The van der Waals surface area contributed by atoms with E-state index < -0.39 is 6.61 Å². The summed E-state index contributed by atoms with van der Waals surface area (Å²) in [5.74, 6) is -0.149. The molecule has 19 heavy (non-hydrogen) atoms. The lowest BCUT2D eigenvalue weighted by Gasteiger charge is -2.26. The quantitative estimate of drug-likeness (QED) is 0.844. The Morgan fingerprint density at radius 2 is 1.95 bits per heavy atom. The molecule has 0 spiro atoms. The lowest BCUT2D eigenvalue weighted by atomic mass is 10.1. The summed E-state index contributed by atoms with van der Waals surface area (Å²) in [6.45, 7) is -1.46. The first-order valence-electron chi connectivity index (χ1n) is 6.11. The van der Waals surface area contributed by atoms with Crippen molar-refractivity contribution in [1.82, 2.24) is 4.90 Å². The van der Waals surface area contributed by atoms with E-state index in [1.54, 1.807) is 17.0 Å². The van der Waals surface area contributed by atoms with Gasteiger partial charge in [-0.25, -0.2) is 0 Å². The summed E-state index contributed by atoms with van der Waals surface area (Å²) in [5, 5.41) is 0. The van der Waals surface area contributed by atoms with E-state index >= 15 is 0 Å². The molecule has 1 aromatic carbocycles. The van der Waals surface area contributed by atoms with Gasteiger partial charge in [-0.2, -0.15) is 8.78 Å². The van der Waals surface area contributed by atoms with E-state index in [9.17, 15) is 13.6 Å². The van der Waals surface area contributed by atoms with Crippen LogP contribution in [-0.4, -0.2) is 30.5 Å². The van der Waals surface area contributed by atoms with Crippen molar-refractivity contribution < 1.29 is 18.3 Å². The van der Waals surface area contributed by atoms with Gasteiger partial charge in [0.15, 0.2) is 0 Å². The van der Waals surface area contributed by atoms with Crippen LogP contribution >= 0.6 is 15.9 Å². The van der Waals surface area contributed by atoms with Gasteiger partial charge in [-0.1, -0.05) is 0 Å². The van der Waals surface area contributed by atoms with Crippen LogP contribution in [0.15, 0.2) is 22.7 Å². The number of piperidine rings is 1. The molecule has 0 saturated carbocycles. The van der Waals surface area contributed by atoms with Crippen LogP contribution in [0.5, 0.6) is 5.75 Å². The molecular formula is C13H14BrF2NO2. The molecule has 0 atom stereocenters. The van der Waals surface area contributed by atoms with Crippen molar-refractivity contribution in [3.63, 3.8) is 0 Å². The number of halogens is 3. The number of ether oxygens (including phenoxy) is 1. The molecule has 0 aromatic heterocycles. The fraction of sp³-hybridized carbons (Fsp3) is 0.462. The van der Waals surface area contributed by atoms with Gasteiger partial charge in [0, 0.05) is 18.7 Å². The maximum atomic E-state index is 12.2. The third-order valence-electron chi connectivity index (χ3n) is 3.04. The number of benzene rings is 1. The fourth-order valence-corrected chi connectivity index (χ4v) is 2.44. The van der Waals surface area contributed by atoms with Crippen LogP contribution in [0.25, 0.3) is 0 Å². The van der Waals surface area contributed by atoms with E-state index in [2.05, 4.69) is 20.7 Å². The highest BCUT2D eigenvalue weighted by molar-refractivity contribution is 9.10. The number of rotatable bonds is 3. The average molecular weight is 334 g/mol. The second-order valence-corrected chi connectivity index (χ2v) is 5.23. The number of hydrogen-bond donors (Lipinski definition) is 0. The van der Waals surface area contributed by atoms with Gasteiger partial charge < -0.3 is 9.64 Å². The molecule has 1 saturated heterocycles. The number of alkyl halides is 2. The van der Waals surface area contributed by atoms with Crippen molar-refractivity contribution >= 4 is 21.8 Å². The highest BCUT2D eigenvalue weighted by Gasteiger charge is 2.19. The van der Waals surface area contributed by atoms with Crippen LogP contribution in [0.2, 0.25) is 0 Å². The molecule has 1 heterocycles. The van der Waals surface area contributed by atoms with Gasteiger partial charge in [-0.3, -0.25) is 4.79 Å². The molecule has 1 amide bonds. The minimum Gasteiger partial charge on any atom is -0.434 e. The molecule has 0 bridgehead atoms. The van der Waals surface area contributed by atoms with Crippen molar-refractivity contribution in [3.05, 3.63) is 28.2 Å². The number of likely N-dealkylation sites (tertiary alicyclic amines) is 1. The Morgan fingerprint density at radius 3 is 2.58 bits per heavy atom. The maximum Gasteiger partial charge on any atom is 0.387 e. The number of amides is 1. The van der Waals surface area contributed by atoms with Gasteiger partial charge in [0.1, 0.15) is 5.75 Å². The highest BCUT2D eigenvalue weighted by Crippen LogP contribution is 2.28. The van der Waals surface area contributed by atoms with Crippen molar-refractivity contribution in [2.75, 3.05) is 13.1 Å². The first-order valence-corrected chi connectivity index (χ1v) is 6.91. The van der Waals surface area contributed by atoms with E-state index in [1.165, 1.54) is 6.07 Å². The predicted octanol–water partition coefficient (Wildman–Crippen LogP) is 3.68. The summed E-state index contributed by atoms with van der Waals surface area (Å²) >= 11 is 3.12. The van der Waals surface area contributed by atoms with Gasteiger partial charge in [0.25, 0.3) is 5.91 Å². The van der Waals surface area contributed by atoms with Gasteiger partial charge in [-0.15, -0.1) is 0 Å². The molecule has 0 unspecified atom stereocenters. The summed E-state index contributed by atoms with van der Waals surface area (Å²) in [6.07, 6.45) is 3.11. The average Bonchev–Trinajstić information content (AvgIpc) is 2.41. The van der Waals surface area contributed by atoms with E-state index in [4.69, 9.17) is 0 Å². The van der Waals surface area contributed by atoms with Crippen molar-refractivity contribution in [2.45, 2.75) is 25.9 Å². The summed E-state index contributed by atoms with van der Waals surface area (Å²) < 4.78 is 29.3. The van der Waals surface area contributed by atoms with Crippen LogP contribution in [0, 0.1) is 0 Å². The van der Waals surface area contributed by atoms with Crippen molar-refractivity contribution in [1.29, 1.82) is 0 Å². The van der Waals surface area contributed by atoms with Gasteiger partial charge in [0.05, 0.1) is 4.47 Å². The van der Waals surface area contributed by atoms with E-state index in [1.807, 2.05) is 0 Å². The zero-order valence-corrected chi connectivity index (χ0v) is 11.8. The zero-order valence-electron chi connectivity index (χ0n) is 10.2. The molecule has 3 nitrogen and oxygen atoms in total. The number of nitrogens with zero attached hydrogens (tertiary/aromatic N) is 1. The smallest absolute Gasteiger partial charge is 0.387 e. The summed E-state index contributed by atoms with van der Waals surface area (Å²) in [5.41, 5.74) is 0.376. The lowest BCUT2D eigenvalue weighted by Crippen LogP contribution is -2.35. The first-order chi connectivity index (χ1) is 9.08. The Morgan fingerprint density at radius 1 is 1.26 bits per heavy atom. The van der Waals surface area contributed by atoms with Gasteiger partial charge >= 0.3 is 6.61 Å². The number of hydrogen-bond acceptors (Lipinski definition) is 2. The second-order valence-electron chi connectivity index (χ2n) is 4.38. The molecule has 1 fully saturated rings. The van der Waals surface area contributed by atoms with E-state index in [-0.39, 0.29) is 11.7 Å². The Bertz CT molecular complexity index is 462. The van der Waals surface area contributed by atoms with Crippen LogP contribution in [-0.2, 0) is 0 Å². The summed E-state index contributed by atoms with van der Waals surface area (Å²) in [4.78, 5) is 14.0. The minimum absolute atomic E-state index is 0.0159. The third-order valence-corrected chi connectivity index (χ3v) is 3.69. The van der Waals surface area contributed by atoms with E-state index in [0.717, 1.165) is 32.4 Å². The second kappa shape index (κ2) is 6.32. The maximum absolute atomic E-state index is 12.2. The topological polar surface area (TPSA) is 29.5 Å². The molecule has 1 aliphatic rings. The van der Waals surface area contributed by atoms with Crippen LogP contribution in [0.3, 0.4) is 0 Å². The molecule has 0 radical (unpaired) electrons. The van der Waals surface area contributed by atoms with Gasteiger partial charge in [0.2, 0.25) is 0 Å². The Hall–Kier alpha value is -1.17. The zero-order chi connectivity index (χ0) is 13.8. The van der Waals surface area contributed by atoms with Gasteiger partial charge in [-0.05, 0) is 53.4 Å². The standard InChI is InChI=1S/C13H14BrF2NO2/c14-10-5-4-9(8-11(10)19-13(15)16)12(18)17-6-2-1-3-7-17/h4-5,8,13H,1-3,6-7H2. The van der Waals surface area contributed by atoms with Crippen molar-refractivity contribution in [2.24, 2.45) is 0 Å². The molecule has 2 rings (SSSR count). The summed E-state index contributed by atoms with van der Waals surface area (Å²) in [6, 6.07) is 4.52. The Kier molecular flexibility index (Phi) is 4.74. The first kappa shape index (κ1) is 14.2. The lowest BCUT2D eigenvalue weighted by molar-refractivity contribution is -0.0504. The largest absolute Gasteiger partial charge is 0.434 e. The minimum atomic E-state index is -2.91. The normalized spacial score (nSPS) is 15.7. The van der Waals surface area contributed by atoms with Crippen molar-refractivity contribution in [3.8, 4) is 5.75 Å². The monoisotopic (exact) mass is 333 g/mol. The van der Waals surface area contributed by atoms with Crippen LogP contribution in [0.1, 0.15) is 29.6 Å². The molecule has 1 aliphatic heterocycles. The molecule has 0 aliphatic carbocycles. The predicted molar refractivity (Wildman–Crippen MR) is 70.5 cm³/mol. The summed E-state index contributed by atoms with van der Waals surface area (Å²) in [7, 11) is 0. The number of carbonyl (C=O) groups is 1. The van der Waals surface area contributed by atoms with Crippen LogP contribution in [0.4, 0.5) is 8.78 Å². The fourth-order valence-electron chi connectivity index (χ4n) is 2.10. The third kappa shape index (κ3) is 3.65. The molecule has 1 aromatic rings. The highest BCUT2D eigenvalue weighted by atomic mass is 79.9. The van der Waals surface area contributed by atoms with Crippen LogP contribution < -0.4 is 4.74 Å². The SMILES string of the molecule is O=C(c1ccc(Br)c(OC(F)F)c1)N1CCCCC1. The number of carbonyl (C=O) groups excluding carboxylic acids is 1. The Balaban J connectivity index is 2.17. The Labute approximate surface area is 118 Å². The molecule has 0 N–H and O–H groups in total. The molecule has 6 heteroatoms. The molecule has 104 valence electrons. The van der Waals surface area contributed by atoms with E-state index in [0.29, 0.717) is 10.0 Å².